The van der Waals surface area contributed by atoms with Crippen molar-refractivity contribution in [2.24, 2.45) is 5.92 Å². The third-order valence-electron chi connectivity index (χ3n) is 5.42. The number of hydrogen-bond acceptors (Lipinski definition) is 4. The van der Waals surface area contributed by atoms with Crippen molar-refractivity contribution in [3.05, 3.63) is 41.6 Å². The molecule has 4 rings (SSSR count). The zero-order valence-electron chi connectivity index (χ0n) is 15.8. The molecular formula is C21H26N4O. The average Bonchev–Trinajstić information content (AvgIpc) is 3.51. The summed E-state index contributed by atoms with van der Waals surface area (Å²) in [7, 11) is 2.07. The van der Waals surface area contributed by atoms with Gasteiger partial charge < -0.3 is 9.80 Å². The largest absolute Gasteiger partial charge is 0.357 e. The smallest absolute Gasteiger partial charge is 0.225 e. The van der Waals surface area contributed by atoms with Crippen molar-refractivity contribution in [1.82, 2.24) is 14.9 Å². The summed E-state index contributed by atoms with van der Waals surface area (Å²) in [6.07, 6.45) is 2.89. The molecule has 0 N–H and O–H groups in total. The number of rotatable bonds is 4. The summed E-state index contributed by atoms with van der Waals surface area (Å²) in [6.45, 7) is 5.71. The van der Waals surface area contributed by atoms with Crippen LogP contribution in [0.3, 0.4) is 0 Å². The van der Waals surface area contributed by atoms with Gasteiger partial charge in [-0.3, -0.25) is 4.79 Å². The standard InChI is InChI=1S/C21H26N4O/c1-14(2)24(3)20-17-13-25(21(26)16-9-10-16)12-11-18(17)22-19(23-20)15-7-5-4-6-8-15/h4-8,14,16H,9-13H2,1-3H3. The van der Waals surface area contributed by atoms with Crippen LogP contribution >= 0.6 is 0 Å². The molecule has 1 aromatic heterocycles. The number of hydrogen-bond donors (Lipinski definition) is 0. The number of fused-ring (bicyclic) bond motifs is 1. The molecule has 1 saturated carbocycles. The lowest BCUT2D eigenvalue weighted by atomic mass is 10.0. The molecule has 0 radical (unpaired) electrons. The Hall–Kier alpha value is -2.43. The molecule has 0 saturated heterocycles. The van der Waals surface area contributed by atoms with Crippen molar-refractivity contribution >= 4 is 11.7 Å². The first kappa shape index (κ1) is 17.0. The third kappa shape index (κ3) is 3.18. The molecule has 1 fully saturated rings. The monoisotopic (exact) mass is 350 g/mol. The van der Waals surface area contributed by atoms with E-state index in [1.165, 1.54) is 0 Å². The molecule has 1 aromatic carbocycles. The van der Waals surface area contributed by atoms with E-state index in [0.717, 1.165) is 54.3 Å². The van der Waals surface area contributed by atoms with Gasteiger partial charge in [-0.25, -0.2) is 9.97 Å². The summed E-state index contributed by atoms with van der Waals surface area (Å²) in [5.41, 5.74) is 3.23. The molecule has 5 nitrogen and oxygen atoms in total. The lowest BCUT2D eigenvalue weighted by Crippen LogP contribution is -2.39. The fourth-order valence-electron chi connectivity index (χ4n) is 3.43. The number of nitrogens with zero attached hydrogens (tertiary/aromatic N) is 4. The van der Waals surface area contributed by atoms with Crippen LogP contribution < -0.4 is 4.90 Å². The number of benzene rings is 1. The van der Waals surface area contributed by atoms with Crippen LogP contribution in [0, 0.1) is 5.92 Å². The minimum absolute atomic E-state index is 0.257. The van der Waals surface area contributed by atoms with E-state index in [-0.39, 0.29) is 5.92 Å². The quantitative estimate of drug-likeness (QED) is 0.849. The van der Waals surface area contributed by atoms with Gasteiger partial charge in [0.25, 0.3) is 0 Å². The highest BCUT2D eigenvalue weighted by Crippen LogP contribution is 2.35. The van der Waals surface area contributed by atoms with Gasteiger partial charge in [-0.1, -0.05) is 30.3 Å². The van der Waals surface area contributed by atoms with Crippen LogP contribution in [0.1, 0.15) is 37.9 Å². The molecule has 1 amide bonds. The molecule has 136 valence electrons. The first-order valence-corrected chi connectivity index (χ1v) is 9.51. The zero-order chi connectivity index (χ0) is 18.3. The van der Waals surface area contributed by atoms with Crippen LogP contribution in [0.5, 0.6) is 0 Å². The molecule has 0 atom stereocenters. The predicted molar refractivity (Wildman–Crippen MR) is 103 cm³/mol. The fraction of sp³-hybridized carbons (Fsp3) is 0.476. The van der Waals surface area contributed by atoms with Gasteiger partial charge in [-0.15, -0.1) is 0 Å². The van der Waals surface area contributed by atoms with Crippen LogP contribution in [-0.2, 0) is 17.8 Å². The van der Waals surface area contributed by atoms with E-state index in [1.54, 1.807) is 0 Å². The molecule has 0 unspecified atom stereocenters. The van der Waals surface area contributed by atoms with Crippen molar-refractivity contribution in [3.8, 4) is 11.4 Å². The van der Waals surface area contributed by atoms with E-state index in [2.05, 4.69) is 25.8 Å². The van der Waals surface area contributed by atoms with Gasteiger partial charge in [0.1, 0.15) is 5.82 Å². The van der Waals surface area contributed by atoms with Crippen molar-refractivity contribution in [3.63, 3.8) is 0 Å². The van der Waals surface area contributed by atoms with Crippen LogP contribution in [0.15, 0.2) is 30.3 Å². The number of anilines is 1. The molecule has 2 aromatic rings. The lowest BCUT2D eigenvalue weighted by molar-refractivity contribution is -0.133. The first-order valence-electron chi connectivity index (χ1n) is 9.51. The Morgan fingerprint density at radius 1 is 1.19 bits per heavy atom. The molecular weight excluding hydrogens is 324 g/mol. The molecule has 0 bridgehead atoms. The Morgan fingerprint density at radius 2 is 1.92 bits per heavy atom. The van der Waals surface area contributed by atoms with Crippen LogP contribution in [0.4, 0.5) is 5.82 Å². The summed E-state index contributed by atoms with van der Waals surface area (Å²) in [5, 5.41) is 0. The summed E-state index contributed by atoms with van der Waals surface area (Å²) in [4.78, 5) is 26.5. The van der Waals surface area contributed by atoms with Gasteiger partial charge in [0, 0.05) is 43.1 Å². The molecule has 1 aliphatic carbocycles. The highest BCUT2D eigenvalue weighted by Gasteiger charge is 2.36. The Balaban J connectivity index is 1.75. The fourth-order valence-corrected chi connectivity index (χ4v) is 3.43. The average molecular weight is 350 g/mol. The second-order valence-corrected chi connectivity index (χ2v) is 7.65. The molecule has 2 heterocycles. The van der Waals surface area contributed by atoms with Crippen molar-refractivity contribution in [1.29, 1.82) is 0 Å². The van der Waals surface area contributed by atoms with Gasteiger partial charge in [-0.2, -0.15) is 0 Å². The van der Waals surface area contributed by atoms with E-state index in [0.29, 0.717) is 18.5 Å². The molecule has 1 aliphatic heterocycles. The Morgan fingerprint density at radius 3 is 2.58 bits per heavy atom. The number of aromatic nitrogens is 2. The first-order chi connectivity index (χ1) is 12.5. The van der Waals surface area contributed by atoms with E-state index >= 15 is 0 Å². The second kappa shape index (κ2) is 6.71. The van der Waals surface area contributed by atoms with E-state index in [9.17, 15) is 4.79 Å². The predicted octanol–water partition coefficient (Wildman–Crippen LogP) is 3.28. The normalized spacial score (nSPS) is 16.5. The summed E-state index contributed by atoms with van der Waals surface area (Å²) in [5.74, 6) is 2.29. The second-order valence-electron chi connectivity index (χ2n) is 7.65. The van der Waals surface area contributed by atoms with Crippen molar-refractivity contribution in [2.75, 3.05) is 18.5 Å². The number of carbonyl (C=O) groups is 1. The van der Waals surface area contributed by atoms with Crippen LogP contribution in [0.2, 0.25) is 0 Å². The molecule has 2 aliphatic rings. The SMILES string of the molecule is CC(C)N(C)c1nc(-c2ccccc2)nc2c1CN(C(=O)C1CC1)CC2. The maximum atomic E-state index is 12.5. The summed E-state index contributed by atoms with van der Waals surface area (Å²) < 4.78 is 0. The van der Waals surface area contributed by atoms with Gasteiger partial charge >= 0.3 is 0 Å². The lowest BCUT2D eigenvalue weighted by Gasteiger charge is -2.33. The van der Waals surface area contributed by atoms with E-state index in [1.807, 2.05) is 35.2 Å². The third-order valence-corrected chi connectivity index (χ3v) is 5.42. The minimum atomic E-state index is 0.257. The van der Waals surface area contributed by atoms with Crippen LogP contribution in [-0.4, -0.2) is 40.4 Å². The molecule has 0 spiro atoms. The minimum Gasteiger partial charge on any atom is -0.357 e. The number of carbonyl (C=O) groups excluding carboxylic acids is 1. The zero-order valence-corrected chi connectivity index (χ0v) is 15.8. The Kier molecular flexibility index (Phi) is 4.39. The van der Waals surface area contributed by atoms with Crippen LogP contribution in [0.25, 0.3) is 11.4 Å². The highest BCUT2D eigenvalue weighted by molar-refractivity contribution is 5.81. The van der Waals surface area contributed by atoms with Crippen molar-refractivity contribution in [2.45, 2.75) is 45.7 Å². The summed E-state index contributed by atoms with van der Waals surface area (Å²) >= 11 is 0. The topological polar surface area (TPSA) is 49.3 Å². The molecule has 5 heteroatoms. The Labute approximate surface area is 155 Å². The van der Waals surface area contributed by atoms with Gasteiger partial charge in [0.05, 0.1) is 12.2 Å². The summed E-state index contributed by atoms with van der Waals surface area (Å²) in [6, 6.07) is 10.5. The van der Waals surface area contributed by atoms with Gasteiger partial charge in [0.2, 0.25) is 5.91 Å². The molecule has 26 heavy (non-hydrogen) atoms. The van der Waals surface area contributed by atoms with E-state index in [4.69, 9.17) is 9.97 Å². The van der Waals surface area contributed by atoms with Crippen molar-refractivity contribution < 1.29 is 4.79 Å². The maximum Gasteiger partial charge on any atom is 0.225 e. The van der Waals surface area contributed by atoms with Gasteiger partial charge in [0.15, 0.2) is 5.82 Å². The van der Waals surface area contributed by atoms with E-state index < -0.39 is 0 Å². The Bertz CT molecular complexity index is 814. The highest BCUT2D eigenvalue weighted by atomic mass is 16.2. The maximum absolute atomic E-state index is 12.5. The number of amides is 1. The van der Waals surface area contributed by atoms with Gasteiger partial charge in [-0.05, 0) is 26.7 Å².